The monoisotopic (exact) mass is 656 g/mol. The number of benzene rings is 7. The molecule has 0 aliphatic carbocycles. The summed E-state index contributed by atoms with van der Waals surface area (Å²) in [6.45, 7) is 0. The van der Waals surface area contributed by atoms with E-state index in [1.807, 2.05) is 18.5 Å². The lowest BCUT2D eigenvalue weighted by Crippen LogP contribution is -2.45. The summed E-state index contributed by atoms with van der Waals surface area (Å²) >= 11 is 0. The van der Waals surface area contributed by atoms with Crippen LogP contribution in [0, 0.1) is 0 Å². The Morgan fingerprint density at radius 1 is 0.510 bits per heavy atom. The molecule has 9 aromatic rings. The van der Waals surface area contributed by atoms with Crippen LogP contribution in [0.5, 0.6) is 0 Å². The molecule has 0 saturated heterocycles. The lowest BCUT2D eigenvalue weighted by molar-refractivity contribution is 0.411. The molecule has 0 spiro atoms. The molecule has 1 aliphatic rings. The van der Waals surface area contributed by atoms with E-state index in [-0.39, 0.29) is 12.3 Å². The largest absolute Gasteiger partial charge is 0.454 e. The molecule has 5 nitrogen and oxygen atoms in total. The molecule has 0 bridgehead atoms. The Balaban J connectivity index is 1.13. The number of hydrogen-bond acceptors (Lipinski definition) is 5. The predicted molar refractivity (Wildman–Crippen MR) is 209 cm³/mol. The van der Waals surface area contributed by atoms with E-state index >= 15 is 0 Å². The van der Waals surface area contributed by atoms with Crippen LogP contribution < -0.4 is 10.6 Å². The first kappa shape index (κ1) is 29.4. The number of rotatable bonds is 5. The number of amidine groups is 1. The smallest absolute Gasteiger partial charge is 0.154 e. The van der Waals surface area contributed by atoms with Crippen LogP contribution in [0.2, 0.25) is 0 Å². The molecule has 2 aromatic heterocycles. The minimum atomic E-state index is -0.250. The molecule has 0 radical (unpaired) electrons. The van der Waals surface area contributed by atoms with Crippen molar-refractivity contribution < 1.29 is 4.42 Å². The highest BCUT2D eigenvalue weighted by Gasteiger charge is 2.28. The highest BCUT2D eigenvalue weighted by atomic mass is 16.3. The van der Waals surface area contributed by atoms with Crippen LogP contribution in [-0.4, -0.2) is 10.8 Å². The predicted octanol–water partition coefficient (Wildman–Crippen LogP) is 11.0. The van der Waals surface area contributed by atoms with Gasteiger partial charge in [0.1, 0.15) is 23.8 Å². The Hall–Kier alpha value is -6.56. The van der Waals surface area contributed by atoms with Crippen LogP contribution in [-0.2, 0) is 0 Å². The molecule has 0 amide bonds. The van der Waals surface area contributed by atoms with Gasteiger partial charge < -0.3 is 9.73 Å². The van der Waals surface area contributed by atoms with E-state index in [9.17, 15) is 0 Å². The van der Waals surface area contributed by atoms with Gasteiger partial charge in [-0.15, -0.1) is 0 Å². The highest BCUT2D eigenvalue weighted by Crippen LogP contribution is 2.41. The number of aliphatic imine (C=N–C) groups is 1. The van der Waals surface area contributed by atoms with Crippen LogP contribution in [0.25, 0.3) is 65.7 Å². The molecule has 2 atom stereocenters. The second kappa shape index (κ2) is 12.1. The highest BCUT2D eigenvalue weighted by molar-refractivity contribution is 6.17. The standard InChI is InChI=1S/C46H32N4O/c1-3-13-29(14-4-1)33-19-9-12-22-37(33)45-48-44(30-15-5-2-6-16-30)49-46(50-45)38-24-23-36(34-20-10-11-21-35(34)38)40-27-47-28-42-43(40)39-25-31-17-7-8-18-32(31)26-41(39)51-42/h1-28,44,46,49H,(H,48,50). The Morgan fingerprint density at radius 3 is 2.02 bits per heavy atom. The lowest BCUT2D eigenvalue weighted by Gasteiger charge is -2.33. The van der Waals surface area contributed by atoms with Crippen LogP contribution >= 0.6 is 0 Å². The third-order valence-corrected chi connectivity index (χ3v) is 10.1. The van der Waals surface area contributed by atoms with Gasteiger partial charge in [-0.1, -0.05) is 146 Å². The molecular weight excluding hydrogens is 625 g/mol. The summed E-state index contributed by atoms with van der Waals surface area (Å²) in [5.41, 5.74) is 9.42. The van der Waals surface area contributed by atoms with E-state index in [2.05, 4.69) is 167 Å². The average molecular weight is 657 g/mol. The van der Waals surface area contributed by atoms with Crippen LogP contribution in [0.1, 0.15) is 29.0 Å². The first-order chi connectivity index (χ1) is 25.3. The summed E-state index contributed by atoms with van der Waals surface area (Å²) in [6, 6.07) is 55.4. The second-order valence-electron chi connectivity index (χ2n) is 13.1. The first-order valence-corrected chi connectivity index (χ1v) is 17.3. The van der Waals surface area contributed by atoms with Gasteiger partial charge in [-0.3, -0.25) is 10.3 Å². The number of aromatic nitrogens is 1. The van der Waals surface area contributed by atoms with Gasteiger partial charge >= 0.3 is 0 Å². The molecule has 5 heteroatoms. The fourth-order valence-corrected chi connectivity index (χ4v) is 7.65. The summed E-state index contributed by atoms with van der Waals surface area (Å²) < 4.78 is 6.41. The van der Waals surface area contributed by atoms with E-state index in [1.165, 1.54) is 5.39 Å². The van der Waals surface area contributed by atoms with Gasteiger partial charge in [0.25, 0.3) is 0 Å². The minimum absolute atomic E-state index is 0.222. The maximum atomic E-state index is 6.41. The lowest BCUT2D eigenvalue weighted by atomic mass is 9.92. The van der Waals surface area contributed by atoms with Crippen molar-refractivity contribution in [2.45, 2.75) is 12.3 Å². The quantitative estimate of drug-likeness (QED) is 0.194. The molecule has 3 heterocycles. The molecule has 1 aliphatic heterocycles. The van der Waals surface area contributed by atoms with Crippen molar-refractivity contribution >= 4 is 49.3 Å². The Morgan fingerprint density at radius 2 is 1.20 bits per heavy atom. The van der Waals surface area contributed by atoms with E-state index in [0.29, 0.717) is 0 Å². The molecule has 2 unspecified atom stereocenters. The number of fused-ring (bicyclic) bond motifs is 5. The van der Waals surface area contributed by atoms with Crippen LogP contribution in [0.3, 0.4) is 0 Å². The summed E-state index contributed by atoms with van der Waals surface area (Å²) in [5.74, 6) is 0.853. The molecule has 2 N–H and O–H groups in total. The Bertz CT molecular complexity index is 2770. The zero-order valence-corrected chi connectivity index (χ0v) is 27.6. The molecule has 242 valence electrons. The third kappa shape index (κ3) is 5.06. The van der Waals surface area contributed by atoms with Crippen molar-refractivity contribution in [3.8, 4) is 22.3 Å². The van der Waals surface area contributed by atoms with Crippen LogP contribution in [0.4, 0.5) is 0 Å². The topological polar surface area (TPSA) is 62.5 Å². The van der Waals surface area contributed by atoms with Crippen molar-refractivity contribution in [3.63, 3.8) is 0 Å². The molecule has 7 aromatic carbocycles. The summed E-state index contributed by atoms with van der Waals surface area (Å²) in [4.78, 5) is 9.94. The van der Waals surface area contributed by atoms with Gasteiger partial charge in [-0.2, -0.15) is 0 Å². The zero-order chi connectivity index (χ0) is 33.7. The minimum Gasteiger partial charge on any atom is -0.454 e. The van der Waals surface area contributed by atoms with Crippen molar-refractivity contribution in [1.82, 2.24) is 15.6 Å². The molecule has 0 fully saturated rings. The Labute approximate surface area is 294 Å². The van der Waals surface area contributed by atoms with E-state index in [1.54, 1.807) is 0 Å². The second-order valence-corrected chi connectivity index (χ2v) is 13.1. The molecular formula is C46H32N4O. The number of nitrogens with one attached hydrogen (secondary N) is 2. The molecule has 0 saturated carbocycles. The number of pyridine rings is 1. The van der Waals surface area contributed by atoms with Crippen molar-refractivity contribution in [1.29, 1.82) is 0 Å². The van der Waals surface area contributed by atoms with E-state index in [0.717, 1.165) is 82.9 Å². The number of hydrogen-bond donors (Lipinski definition) is 2. The Kier molecular flexibility index (Phi) is 6.96. The first-order valence-electron chi connectivity index (χ1n) is 17.3. The van der Waals surface area contributed by atoms with Gasteiger partial charge in [-0.25, -0.2) is 4.99 Å². The summed E-state index contributed by atoms with van der Waals surface area (Å²) in [5, 5.41) is 14.5. The SMILES string of the molecule is c1ccc(-c2ccccc2C2=NC(c3ccccc3)NC(c3ccc(-c4cncc5oc6cc7ccccc7cc6c45)c4ccccc34)N2)cc1. The molecule has 10 rings (SSSR count). The van der Waals surface area contributed by atoms with E-state index in [4.69, 9.17) is 9.41 Å². The van der Waals surface area contributed by atoms with Crippen LogP contribution in [0.15, 0.2) is 180 Å². The number of furan rings is 1. The zero-order valence-electron chi connectivity index (χ0n) is 27.6. The van der Waals surface area contributed by atoms with Gasteiger partial charge in [0.15, 0.2) is 5.58 Å². The van der Waals surface area contributed by atoms with Crippen molar-refractivity contribution in [2.75, 3.05) is 0 Å². The average Bonchev–Trinajstić information content (AvgIpc) is 3.57. The van der Waals surface area contributed by atoms with Crippen molar-refractivity contribution in [3.05, 3.63) is 187 Å². The normalized spacial score (nSPS) is 16.0. The molecule has 51 heavy (non-hydrogen) atoms. The number of nitrogens with zero attached hydrogens (tertiary/aromatic N) is 2. The maximum Gasteiger partial charge on any atom is 0.154 e. The van der Waals surface area contributed by atoms with Gasteiger partial charge in [0.05, 0.1) is 6.20 Å². The fourth-order valence-electron chi connectivity index (χ4n) is 7.65. The summed E-state index contributed by atoms with van der Waals surface area (Å²) in [7, 11) is 0. The van der Waals surface area contributed by atoms with Gasteiger partial charge in [0.2, 0.25) is 0 Å². The third-order valence-electron chi connectivity index (χ3n) is 10.1. The maximum absolute atomic E-state index is 6.41. The summed E-state index contributed by atoms with van der Waals surface area (Å²) in [6.07, 6.45) is 3.33. The van der Waals surface area contributed by atoms with Gasteiger partial charge in [0, 0.05) is 28.1 Å². The van der Waals surface area contributed by atoms with Gasteiger partial charge in [-0.05, 0) is 61.5 Å². The fraction of sp³-hybridized carbons (Fsp3) is 0.0435. The van der Waals surface area contributed by atoms with Crippen molar-refractivity contribution in [2.24, 2.45) is 4.99 Å². The van der Waals surface area contributed by atoms with E-state index < -0.39 is 0 Å².